The number of nitrogens with zero attached hydrogens (tertiary/aromatic N) is 2. The topological polar surface area (TPSA) is 56.1 Å². The zero-order valence-corrected chi connectivity index (χ0v) is 12.5. The van der Waals surface area contributed by atoms with Gasteiger partial charge in [0, 0.05) is 25.0 Å². The lowest BCUT2D eigenvalue weighted by Gasteiger charge is -2.35. The molecule has 2 aliphatic rings. The molecule has 1 saturated heterocycles. The molecule has 0 unspecified atom stereocenters. The van der Waals surface area contributed by atoms with E-state index in [9.17, 15) is 9.18 Å². The summed E-state index contributed by atoms with van der Waals surface area (Å²) < 4.78 is 13.2. The number of carbonyl (C=O) groups excluding carboxylic acids is 1. The predicted octanol–water partition coefficient (Wildman–Crippen LogP) is 2.58. The van der Waals surface area contributed by atoms with Crippen molar-refractivity contribution in [2.45, 2.75) is 38.1 Å². The van der Waals surface area contributed by atoms with Crippen LogP contribution in [0.15, 0.2) is 18.2 Å². The highest BCUT2D eigenvalue weighted by molar-refractivity contribution is 5.79. The average molecular weight is 301 g/mol. The summed E-state index contributed by atoms with van der Waals surface area (Å²) in [5, 5.41) is 12.3. The van der Waals surface area contributed by atoms with Crippen LogP contribution in [0, 0.1) is 23.1 Å². The zero-order valence-electron chi connectivity index (χ0n) is 12.5. The van der Waals surface area contributed by atoms with Crippen LogP contribution in [0.4, 0.5) is 10.1 Å². The summed E-state index contributed by atoms with van der Waals surface area (Å²) in [5.41, 5.74) is 1.16. The van der Waals surface area contributed by atoms with Gasteiger partial charge in [-0.15, -0.1) is 0 Å². The number of piperidine rings is 1. The van der Waals surface area contributed by atoms with Crippen molar-refractivity contribution in [2.75, 3.05) is 18.0 Å². The van der Waals surface area contributed by atoms with Gasteiger partial charge in [0.05, 0.1) is 11.3 Å². The van der Waals surface area contributed by atoms with Crippen LogP contribution >= 0.6 is 0 Å². The average Bonchev–Trinajstić information content (AvgIpc) is 2.46. The van der Waals surface area contributed by atoms with Gasteiger partial charge in [0.2, 0.25) is 5.91 Å². The van der Waals surface area contributed by atoms with Crippen LogP contribution in [0.5, 0.6) is 0 Å². The summed E-state index contributed by atoms with van der Waals surface area (Å²) in [6, 6.07) is 6.61. The van der Waals surface area contributed by atoms with E-state index in [2.05, 4.69) is 16.3 Å². The first-order chi connectivity index (χ1) is 10.7. The number of amides is 1. The Balaban J connectivity index is 1.57. The molecule has 116 valence electrons. The Morgan fingerprint density at radius 2 is 2.00 bits per heavy atom. The lowest BCUT2D eigenvalue weighted by Crippen LogP contribution is -2.47. The number of hydrogen-bond donors (Lipinski definition) is 1. The highest BCUT2D eigenvalue weighted by Gasteiger charge is 2.28. The minimum absolute atomic E-state index is 0.198. The minimum Gasteiger partial charge on any atom is -0.370 e. The molecule has 4 nitrogen and oxygen atoms in total. The fourth-order valence-electron chi connectivity index (χ4n) is 3.13. The SMILES string of the molecule is N#Cc1cc(F)ccc1N1CCC(NC(=O)C2CCC2)CC1. The van der Waals surface area contributed by atoms with Gasteiger partial charge in [0.1, 0.15) is 11.9 Å². The number of benzene rings is 1. The molecule has 1 amide bonds. The van der Waals surface area contributed by atoms with Gasteiger partial charge in [-0.1, -0.05) is 6.42 Å². The molecule has 22 heavy (non-hydrogen) atoms. The van der Waals surface area contributed by atoms with E-state index in [-0.39, 0.29) is 23.7 Å². The van der Waals surface area contributed by atoms with Crippen LogP contribution in [-0.2, 0) is 4.79 Å². The largest absolute Gasteiger partial charge is 0.370 e. The fourth-order valence-corrected chi connectivity index (χ4v) is 3.13. The monoisotopic (exact) mass is 301 g/mol. The second-order valence-corrected chi connectivity index (χ2v) is 6.17. The smallest absolute Gasteiger partial charge is 0.223 e. The van der Waals surface area contributed by atoms with Gasteiger partial charge in [-0.25, -0.2) is 4.39 Å². The van der Waals surface area contributed by atoms with Crippen molar-refractivity contribution in [3.05, 3.63) is 29.6 Å². The Bertz CT molecular complexity index is 598. The van der Waals surface area contributed by atoms with Gasteiger partial charge >= 0.3 is 0 Å². The quantitative estimate of drug-likeness (QED) is 0.933. The first kappa shape index (κ1) is 14.8. The molecule has 1 aliphatic carbocycles. The Morgan fingerprint density at radius 1 is 1.27 bits per heavy atom. The summed E-state index contributed by atoms with van der Waals surface area (Å²) in [6.07, 6.45) is 4.93. The van der Waals surface area contributed by atoms with E-state index in [0.717, 1.165) is 50.9 Å². The molecule has 2 fully saturated rings. The van der Waals surface area contributed by atoms with Gasteiger partial charge in [-0.2, -0.15) is 5.26 Å². The van der Waals surface area contributed by atoms with E-state index < -0.39 is 0 Å². The minimum atomic E-state index is -0.386. The highest BCUT2D eigenvalue weighted by Crippen LogP contribution is 2.28. The summed E-state index contributed by atoms with van der Waals surface area (Å²) in [7, 11) is 0. The Labute approximate surface area is 129 Å². The molecule has 1 aromatic rings. The fraction of sp³-hybridized carbons (Fsp3) is 0.529. The molecular formula is C17H20FN3O. The first-order valence-corrected chi connectivity index (χ1v) is 7.92. The first-order valence-electron chi connectivity index (χ1n) is 7.92. The van der Waals surface area contributed by atoms with Gasteiger partial charge in [0.25, 0.3) is 0 Å². The molecule has 0 spiro atoms. The Morgan fingerprint density at radius 3 is 2.59 bits per heavy atom. The molecular weight excluding hydrogens is 281 g/mol. The number of anilines is 1. The molecule has 1 heterocycles. The molecule has 1 saturated carbocycles. The van der Waals surface area contributed by atoms with Gasteiger partial charge in [-0.05, 0) is 43.9 Å². The predicted molar refractivity (Wildman–Crippen MR) is 81.8 cm³/mol. The summed E-state index contributed by atoms with van der Waals surface area (Å²) >= 11 is 0. The maximum atomic E-state index is 13.2. The van der Waals surface area contributed by atoms with E-state index >= 15 is 0 Å². The molecule has 0 atom stereocenters. The standard InChI is InChI=1S/C17H20FN3O/c18-14-4-5-16(13(10-14)11-19)21-8-6-15(7-9-21)20-17(22)12-2-1-3-12/h4-5,10,12,15H,1-3,6-9H2,(H,20,22). The van der Waals surface area contributed by atoms with E-state index in [1.54, 1.807) is 6.07 Å². The van der Waals surface area contributed by atoms with Gasteiger partial charge in [0.15, 0.2) is 0 Å². The van der Waals surface area contributed by atoms with Crippen LogP contribution in [-0.4, -0.2) is 25.0 Å². The molecule has 5 heteroatoms. The van der Waals surface area contributed by atoms with Crippen LogP contribution in [0.2, 0.25) is 0 Å². The Hall–Kier alpha value is -2.09. The molecule has 1 aromatic carbocycles. The summed E-state index contributed by atoms with van der Waals surface area (Å²) in [5.74, 6) is 0.0347. The Kier molecular flexibility index (Phi) is 4.28. The summed E-state index contributed by atoms with van der Waals surface area (Å²) in [6.45, 7) is 1.55. The second kappa shape index (κ2) is 6.35. The maximum Gasteiger partial charge on any atom is 0.223 e. The van der Waals surface area contributed by atoms with Crippen molar-refractivity contribution in [3.63, 3.8) is 0 Å². The number of rotatable bonds is 3. The van der Waals surface area contributed by atoms with Gasteiger partial charge in [-0.3, -0.25) is 4.79 Å². The van der Waals surface area contributed by atoms with E-state index in [1.165, 1.54) is 12.1 Å². The zero-order chi connectivity index (χ0) is 15.5. The number of hydrogen-bond acceptors (Lipinski definition) is 3. The normalized spacial score (nSPS) is 19.4. The van der Waals surface area contributed by atoms with Crippen molar-refractivity contribution in [1.29, 1.82) is 5.26 Å². The number of nitrogens with one attached hydrogen (secondary N) is 1. The molecule has 0 bridgehead atoms. The van der Waals surface area contributed by atoms with Crippen molar-refractivity contribution in [2.24, 2.45) is 5.92 Å². The summed E-state index contributed by atoms with van der Waals surface area (Å²) in [4.78, 5) is 14.1. The highest BCUT2D eigenvalue weighted by atomic mass is 19.1. The molecule has 3 rings (SSSR count). The molecule has 1 N–H and O–H groups in total. The van der Waals surface area contributed by atoms with Crippen LogP contribution in [0.1, 0.15) is 37.7 Å². The van der Waals surface area contributed by atoms with Crippen molar-refractivity contribution in [1.82, 2.24) is 5.32 Å². The third-order valence-electron chi connectivity index (χ3n) is 4.74. The third kappa shape index (κ3) is 3.06. The maximum absolute atomic E-state index is 13.2. The van der Waals surface area contributed by atoms with Crippen LogP contribution in [0.25, 0.3) is 0 Å². The van der Waals surface area contributed by atoms with E-state index in [1.807, 2.05) is 0 Å². The van der Waals surface area contributed by atoms with E-state index in [4.69, 9.17) is 5.26 Å². The van der Waals surface area contributed by atoms with Gasteiger partial charge < -0.3 is 10.2 Å². The van der Waals surface area contributed by atoms with Crippen molar-refractivity contribution in [3.8, 4) is 6.07 Å². The van der Waals surface area contributed by atoms with Crippen LogP contribution in [0.3, 0.4) is 0 Å². The lowest BCUT2D eigenvalue weighted by molar-refractivity contribution is -0.128. The molecule has 1 aliphatic heterocycles. The number of carbonyl (C=O) groups is 1. The molecule has 0 radical (unpaired) electrons. The number of halogens is 1. The third-order valence-corrected chi connectivity index (χ3v) is 4.74. The lowest BCUT2D eigenvalue weighted by atomic mass is 9.84. The number of nitriles is 1. The van der Waals surface area contributed by atoms with Crippen LogP contribution < -0.4 is 10.2 Å². The van der Waals surface area contributed by atoms with Crippen molar-refractivity contribution < 1.29 is 9.18 Å². The van der Waals surface area contributed by atoms with E-state index in [0.29, 0.717) is 5.56 Å². The second-order valence-electron chi connectivity index (χ2n) is 6.17. The molecule has 0 aromatic heterocycles. The van der Waals surface area contributed by atoms with Crippen molar-refractivity contribution >= 4 is 11.6 Å².